The van der Waals surface area contributed by atoms with Gasteiger partial charge in [-0.3, -0.25) is 9.48 Å². The molecule has 0 fully saturated rings. The fourth-order valence-corrected chi connectivity index (χ4v) is 1.37. The molecular weight excluding hydrogens is 208 g/mol. The summed E-state index contributed by atoms with van der Waals surface area (Å²) >= 11 is 3.29. The molecule has 4 heteroatoms. The van der Waals surface area contributed by atoms with E-state index in [9.17, 15) is 4.79 Å². The molecular formula is C7H9BrN2O. The molecule has 60 valence electrons. The van der Waals surface area contributed by atoms with E-state index in [2.05, 4.69) is 21.0 Å². The van der Waals surface area contributed by atoms with Crippen molar-refractivity contribution in [3.05, 3.63) is 16.4 Å². The van der Waals surface area contributed by atoms with E-state index in [0.717, 1.165) is 10.3 Å². The second-order valence-corrected chi connectivity index (χ2v) is 3.28. The molecule has 0 aliphatic heterocycles. The first-order chi connectivity index (χ1) is 5.09. The maximum Gasteiger partial charge on any atom is 0.151 e. The Morgan fingerprint density at radius 3 is 2.82 bits per heavy atom. The summed E-state index contributed by atoms with van der Waals surface area (Å²) in [4.78, 5) is 10.7. The van der Waals surface area contributed by atoms with E-state index in [1.165, 1.54) is 0 Å². The Morgan fingerprint density at radius 1 is 1.82 bits per heavy atom. The maximum atomic E-state index is 10.7. The molecule has 1 aromatic heterocycles. The molecule has 0 N–H and O–H groups in total. The number of carbonyl (C=O) groups excluding carboxylic acids is 1. The van der Waals surface area contributed by atoms with Crippen LogP contribution in [0.25, 0.3) is 0 Å². The third-order valence-corrected chi connectivity index (χ3v) is 1.86. The van der Waals surface area contributed by atoms with Crippen molar-refractivity contribution in [1.82, 2.24) is 9.78 Å². The Hall–Kier alpha value is -0.640. The van der Waals surface area contributed by atoms with Crippen LogP contribution in [0, 0.1) is 6.92 Å². The van der Waals surface area contributed by atoms with Crippen molar-refractivity contribution in [3.63, 3.8) is 0 Å². The Balaban J connectivity index is 2.85. The molecule has 1 rings (SSSR count). The lowest BCUT2D eigenvalue weighted by atomic mass is 10.4. The van der Waals surface area contributed by atoms with Gasteiger partial charge in [0.25, 0.3) is 0 Å². The molecule has 0 bridgehead atoms. The molecule has 0 spiro atoms. The van der Waals surface area contributed by atoms with Crippen LogP contribution < -0.4 is 0 Å². The number of carbonyl (C=O) groups is 1. The van der Waals surface area contributed by atoms with Gasteiger partial charge in [0.2, 0.25) is 0 Å². The average molecular weight is 217 g/mol. The summed E-state index contributed by atoms with van der Waals surface area (Å²) in [7, 11) is 0. The van der Waals surface area contributed by atoms with E-state index in [0.29, 0.717) is 6.54 Å². The molecule has 11 heavy (non-hydrogen) atoms. The monoisotopic (exact) mass is 216 g/mol. The van der Waals surface area contributed by atoms with Gasteiger partial charge in [-0.25, -0.2) is 0 Å². The van der Waals surface area contributed by atoms with E-state index in [4.69, 9.17) is 0 Å². The van der Waals surface area contributed by atoms with Crippen molar-refractivity contribution in [2.75, 3.05) is 0 Å². The van der Waals surface area contributed by atoms with E-state index in [-0.39, 0.29) is 5.78 Å². The third-order valence-electron chi connectivity index (χ3n) is 1.23. The zero-order valence-electron chi connectivity index (χ0n) is 6.47. The third kappa shape index (κ3) is 2.15. The van der Waals surface area contributed by atoms with Gasteiger partial charge in [-0.05, 0) is 35.8 Å². The Bertz CT molecular complexity index is 280. The quantitative estimate of drug-likeness (QED) is 0.753. The lowest BCUT2D eigenvalue weighted by Crippen LogP contribution is -2.07. The number of hydrogen-bond acceptors (Lipinski definition) is 2. The fraction of sp³-hybridized carbons (Fsp3) is 0.429. The average Bonchev–Trinajstić information content (AvgIpc) is 2.09. The molecule has 0 unspecified atom stereocenters. The van der Waals surface area contributed by atoms with Crippen molar-refractivity contribution in [1.29, 1.82) is 0 Å². The highest BCUT2D eigenvalue weighted by Gasteiger charge is 2.02. The number of nitrogens with zero attached hydrogens (tertiary/aromatic N) is 2. The van der Waals surface area contributed by atoms with Gasteiger partial charge in [0.15, 0.2) is 5.78 Å². The molecule has 0 atom stereocenters. The normalized spacial score (nSPS) is 10.1. The van der Waals surface area contributed by atoms with E-state index in [1.54, 1.807) is 11.6 Å². The number of halogens is 1. The number of aromatic nitrogens is 2. The highest BCUT2D eigenvalue weighted by atomic mass is 79.9. The van der Waals surface area contributed by atoms with Gasteiger partial charge in [-0.1, -0.05) is 0 Å². The smallest absolute Gasteiger partial charge is 0.151 e. The van der Waals surface area contributed by atoms with E-state index < -0.39 is 0 Å². The van der Waals surface area contributed by atoms with Crippen LogP contribution in [0.1, 0.15) is 12.6 Å². The summed E-state index contributed by atoms with van der Waals surface area (Å²) in [5, 5.41) is 4.10. The molecule has 0 saturated heterocycles. The minimum Gasteiger partial charge on any atom is -0.298 e. The highest BCUT2D eigenvalue weighted by Crippen LogP contribution is 2.10. The fourth-order valence-electron chi connectivity index (χ4n) is 0.836. The van der Waals surface area contributed by atoms with Crippen LogP contribution in [0.15, 0.2) is 10.7 Å². The van der Waals surface area contributed by atoms with Gasteiger partial charge in [-0.2, -0.15) is 5.10 Å². The zero-order valence-corrected chi connectivity index (χ0v) is 8.05. The number of ketones is 1. The second-order valence-electron chi connectivity index (χ2n) is 2.47. The van der Waals surface area contributed by atoms with Crippen molar-refractivity contribution >= 4 is 21.7 Å². The molecule has 1 heterocycles. The molecule has 0 radical (unpaired) electrons. The number of rotatable bonds is 2. The first-order valence-corrected chi connectivity index (χ1v) is 4.08. The molecule has 0 saturated carbocycles. The van der Waals surface area contributed by atoms with Gasteiger partial charge in [-0.15, -0.1) is 0 Å². The SMILES string of the molecule is CC(=O)Cn1nc(C)cc1Br. The van der Waals surface area contributed by atoms with Crippen LogP contribution in [0.4, 0.5) is 0 Å². The minimum atomic E-state index is 0.105. The molecule has 0 aliphatic rings. The van der Waals surface area contributed by atoms with Crippen LogP contribution in [-0.4, -0.2) is 15.6 Å². The predicted octanol–water partition coefficient (Wildman–Crippen LogP) is 1.54. The largest absolute Gasteiger partial charge is 0.298 e. The minimum absolute atomic E-state index is 0.105. The molecule has 0 aromatic carbocycles. The van der Waals surface area contributed by atoms with E-state index >= 15 is 0 Å². The number of aryl methyl sites for hydroxylation is 1. The summed E-state index contributed by atoms with van der Waals surface area (Å²) in [6, 6.07) is 1.88. The summed E-state index contributed by atoms with van der Waals surface area (Å²) in [6.07, 6.45) is 0. The van der Waals surface area contributed by atoms with Crippen molar-refractivity contribution in [2.45, 2.75) is 20.4 Å². The summed E-state index contributed by atoms with van der Waals surface area (Å²) < 4.78 is 2.49. The number of hydrogen-bond donors (Lipinski definition) is 0. The molecule has 0 amide bonds. The first kappa shape index (κ1) is 8.46. The highest BCUT2D eigenvalue weighted by molar-refractivity contribution is 9.10. The molecule has 1 aromatic rings. The summed E-state index contributed by atoms with van der Waals surface area (Å²) in [6.45, 7) is 3.78. The number of Topliss-reactive ketones (excluding diaryl/α,β-unsaturated/α-hetero) is 1. The van der Waals surface area contributed by atoms with Crippen LogP contribution in [-0.2, 0) is 11.3 Å². The van der Waals surface area contributed by atoms with Crippen LogP contribution >= 0.6 is 15.9 Å². The van der Waals surface area contributed by atoms with Crippen LogP contribution in [0.5, 0.6) is 0 Å². The van der Waals surface area contributed by atoms with E-state index in [1.807, 2.05) is 13.0 Å². The standard InChI is InChI=1S/C7H9BrN2O/c1-5-3-7(8)10(9-5)4-6(2)11/h3H,4H2,1-2H3. The van der Waals surface area contributed by atoms with Crippen molar-refractivity contribution in [3.8, 4) is 0 Å². The predicted molar refractivity (Wildman–Crippen MR) is 45.3 cm³/mol. The van der Waals surface area contributed by atoms with Gasteiger partial charge in [0.1, 0.15) is 11.1 Å². The van der Waals surface area contributed by atoms with Gasteiger partial charge < -0.3 is 0 Å². The Labute approximate surface area is 73.5 Å². The summed E-state index contributed by atoms with van der Waals surface area (Å²) in [5.74, 6) is 0.105. The Kier molecular flexibility index (Phi) is 2.44. The molecule has 3 nitrogen and oxygen atoms in total. The lowest BCUT2D eigenvalue weighted by molar-refractivity contribution is -0.117. The van der Waals surface area contributed by atoms with Gasteiger partial charge in [0.05, 0.1) is 5.69 Å². The van der Waals surface area contributed by atoms with Gasteiger partial charge in [0, 0.05) is 0 Å². The molecule has 0 aliphatic carbocycles. The van der Waals surface area contributed by atoms with Crippen molar-refractivity contribution < 1.29 is 4.79 Å². The first-order valence-electron chi connectivity index (χ1n) is 3.29. The van der Waals surface area contributed by atoms with Gasteiger partial charge >= 0.3 is 0 Å². The van der Waals surface area contributed by atoms with Crippen LogP contribution in [0.2, 0.25) is 0 Å². The topological polar surface area (TPSA) is 34.9 Å². The maximum absolute atomic E-state index is 10.7. The van der Waals surface area contributed by atoms with Crippen molar-refractivity contribution in [2.24, 2.45) is 0 Å². The lowest BCUT2D eigenvalue weighted by Gasteiger charge is -1.97. The Morgan fingerprint density at radius 2 is 2.45 bits per heavy atom. The zero-order chi connectivity index (χ0) is 8.43. The second kappa shape index (κ2) is 3.17. The summed E-state index contributed by atoms with van der Waals surface area (Å²) in [5.41, 5.74) is 0.915. The van der Waals surface area contributed by atoms with Crippen LogP contribution in [0.3, 0.4) is 0 Å².